The van der Waals surface area contributed by atoms with E-state index in [9.17, 15) is 4.79 Å². The van der Waals surface area contributed by atoms with Gasteiger partial charge in [-0.05, 0) is 25.0 Å². The third-order valence-electron chi connectivity index (χ3n) is 4.04. The first-order valence-electron chi connectivity index (χ1n) is 6.47. The van der Waals surface area contributed by atoms with Crippen molar-refractivity contribution in [2.75, 3.05) is 13.1 Å². The van der Waals surface area contributed by atoms with Gasteiger partial charge < -0.3 is 4.90 Å². The normalized spacial score (nSPS) is 18.5. The standard InChI is InChI=1S/C13H17N5O/c1-13(11-3-7-15-17-11)4-8-18(9-5-13)12(19)10-2-6-14-16-10/h2-3,6-7H,4-5,8-9H2,1H3,(H,14,16)(H,15,17). The maximum atomic E-state index is 12.2. The zero-order chi connectivity index (χ0) is 13.3. The summed E-state index contributed by atoms with van der Waals surface area (Å²) in [5.41, 5.74) is 1.80. The zero-order valence-corrected chi connectivity index (χ0v) is 10.9. The van der Waals surface area contributed by atoms with Crippen molar-refractivity contribution in [3.8, 4) is 0 Å². The lowest BCUT2D eigenvalue weighted by Crippen LogP contribution is -2.44. The van der Waals surface area contributed by atoms with E-state index in [2.05, 4.69) is 27.3 Å². The quantitative estimate of drug-likeness (QED) is 0.854. The van der Waals surface area contributed by atoms with Gasteiger partial charge >= 0.3 is 0 Å². The number of hydrogen-bond donors (Lipinski definition) is 2. The second kappa shape index (κ2) is 4.53. The Bertz CT molecular complexity index is 538. The number of carbonyl (C=O) groups excluding carboxylic acids is 1. The molecule has 0 bridgehead atoms. The van der Waals surface area contributed by atoms with E-state index < -0.39 is 0 Å². The van der Waals surface area contributed by atoms with Crippen molar-refractivity contribution in [3.05, 3.63) is 35.9 Å². The minimum absolute atomic E-state index is 0.0316. The van der Waals surface area contributed by atoms with Crippen LogP contribution in [0.1, 0.15) is 35.9 Å². The Morgan fingerprint density at radius 3 is 2.47 bits per heavy atom. The molecule has 3 heterocycles. The fraction of sp³-hybridized carbons (Fsp3) is 0.462. The van der Waals surface area contributed by atoms with Gasteiger partial charge in [0.1, 0.15) is 5.69 Å². The van der Waals surface area contributed by atoms with E-state index >= 15 is 0 Å². The molecule has 19 heavy (non-hydrogen) atoms. The summed E-state index contributed by atoms with van der Waals surface area (Å²) in [6.45, 7) is 3.74. The highest BCUT2D eigenvalue weighted by molar-refractivity contribution is 5.92. The molecule has 0 atom stereocenters. The van der Waals surface area contributed by atoms with Gasteiger partial charge in [-0.15, -0.1) is 0 Å². The molecule has 3 rings (SSSR count). The molecule has 2 aromatic rings. The maximum absolute atomic E-state index is 12.2. The monoisotopic (exact) mass is 259 g/mol. The highest BCUT2D eigenvalue weighted by Crippen LogP contribution is 2.33. The minimum atomic E-state index is 0.0316. The molecule has 0 spiro atoms. The highest BCUT2D eigenvalue weighted by Gasteiger charge is 2.34. The van der Waals surface area contributed by atoms with Crippen molar-refractivity contribution in [1.82, 2.24) is 25.3 Å². The highest BCUT2D eigenvalue weighted by atomic mass is 16.2. The van der Waals surface area contributed by atoms with Gasteiger partial charge in [0.2, 0.25) is 0 Å². The largest absolute Gasteiger partial charge is 0.337 e. The van der Waals surface area contributed by atoms with Gasteiger partial charge in [0, 0.05) is 36.6 Å². The van der Waals surface area contributed by atoms with E-state index in [0.29, 0.717) is 5.69 Å². The molecule has 0 saturated carbocycles. The Hall–Kier alpha value is -2.11. The molecule has 2 aromatic heterocycles. The number of aromatic amines is 2. The summed E-state index contributed by atoms with van der Waals surface area (Å²) < 4.78 is 0. The summed E-state index contributed by atoms with van der Waals surface area (Å²) in [6, 6.07) is 3.73. The number of rotatable bonds is 2. The summed E-state index contributed by atoms with van der Waals surface area (Å²) in [6.07, 6.45) is 5.26. The van der Waals surface area contributed by atoms with Crippen LogP contribution in [-0.2, 0) is 5.41 Å². The maximum Gasteiger partial charge on any atom is 0.271 e. The number of carbonyl (C=O) groups is 1. The van der Waals surface area contributed by atoms with E-state index in [-0.39, 0.29) is 11.3 Å². The van der Waals surface area contributed by atoms with E-state index in [1.54, 1.807) is 18.5 Å². The van der Waals surface area contributed by atoms with Gasteiger partial charge in [0.05, 0.1) is 0 Å². The molecule has 6 heteroatoms. The molecule has 100 valence electrons. The molecule has 0 radical (unpaired) electrons. The van der Waals surface area contributed by atoms with E-state index in [1.807, 2.05) is 11.0 Å². The van der Waals surface area contributed by atoms with Crippen LogP contribution >= 0.6 is 0 Å². The molecule has 1 aliphatic rings. The number of hydrogen-bond acceptors (Lipinski definition) is 3. The van der Waals surface area contributed by atoms with Crippen LogP contribution in [-0.4, -0.2) is 44.3 Å². The number of amides is 1. The lowest BCUT2D eigenvalue weighted by molar-refractivity contribution is 0.0668. The van der Waals surface area contributed by atoms with Gasteiger partial charge in [0.25, 0.3) is 5.91 Å². The summed E-state index contributed by atoms with van der Waals surface area (Å²) in [4.78, 5) is 14.1. The van der Waals surface area contributed by atoms with Crippen molar-refractivity contribution in [2.24, 2.45) is 0 Å². The average molecular weight is 259 g/mol. The van der Waals surface area contributed by atoms with Crippen molar-refractivity contribution in [2.45, 2.75) is 25.2 Å². The summed E-state index contributed by atoms with van der Waals surface area (Å²) in [7, 11) is 0. The zero-order valence-electron chi connectivity index (χ0n) is 10.9. The second-order valence-electron chi connectivity index (χ2n) is 5.29. The first kappa shape index (κ1) is 12.0. The summed E-state index contributed by atoms with van der Waals surface area (Å²) >= 11 is 0. The van der Waals surface area contributed by atoms with Crippen LogP contribution in [0.15, 0.2) is 24.5 Å². The molecule has 6 nitrogen and oxygen atoms in total. The van der Waals surface area contributed by atoms with Crippen molar-refractivity contribution in [1.29, 1.82) is 0 Å². The molecule has 1 fully saturated rings. The predicted molar refractivity (Wildman–Crippen MR) is 69.7 cm³/mol. The Morgan fingerprint density at radius 2 is 1.89 bits per heavy atom. The average Bonchev–Trinajstić information content (AvgIpc) is 3.12. The molecule has 1 amide bonds. The van der Waals surface area contributed by atoms with E-state index in [0.717, 1.165) is 31.6 Å². The number of aromatic nitrogens is 4. The molecular formula is C13H17N5O. The van der Waals surface area contributed by atoms with Crippen molar-refractivity contribution >= 4 is 5.91 Å². The predicted octanol–water partition coefficient (Wildman–Crippen LogP) is 1.33. The number of nitrogens with zero attached hydrogens (tertiary/aromatic N) is 3. The fourth-order valence-electron chi connectivity index (χ4n) is 2.61. The third kappa shape index (κ3) is 2.14. The van der Waals surface area contributed by atoms with Gasteiger partial charge in [-0.25, -0.2) is 0 Å². The number of likely N-dealkylation sites (tertiary alicyclic amines) is 1. The SMILES string of the molecule is CC1(c2ccn[nH]2)CCN(C(=O)c2ccn[nH]2)CC1. The lowest BCUT2D eigenvalue weighted by Gasteiger charge is -2.38. The topological polar surface area (TPSA) is 77.7 Å². The van der Waals surface area contributed by atoms with Crippen LogP contribution in [0.4, 0.5) is 0 Å². The molecule has 0 aromatic carbocycles. The van der Waals surface area contributed by atoms with Crippen molar-refractivity contribution < 1.29 is 4.79 Å². The Labute approximate surface area is 111 Å². The smallest absolute Gasteiger partial charge is 0.271 e. The van der Waals surface area contributed by atoms with Crippen LogP contribution in [0.2, 0.25) is 0 Å². The lowest BCUT2D eigenvalue weighted by atomic mass is 9.77. The first-order chi connectivity index (χ1) is 9.19. The summed E-state index contributed by atoms with van der Waals surface area (Å²) in [5.74, 6) is 0.0316. The van der Waals surface area contributed by atoms with E-state index in [4.69, 9.17) is 0 Å². The van der Waals surface area contributed by atoms with E-state index in [1.165, 1.54) is 0 Å². The van der Waals surface area contributed by atoms with Crippen LogP contribution in [0.25, 0.3) is 0 Å². The van der Waals surface area contributed by atoms with Crippen LogP contribution in [0.5, 0.6) is 0 Å². The van der Waals surface area contributed by atoms with Gasteiger partial charge in [0.15, 0.2) is 0 Å². The molecule has 2 N–H and O–H groups in total. The van der Waals surface area contributed by atoms with Gasteiger partial charge in [-0.1, -0.05) is 6.92 Å². The molecule has 0 unspecified atom stereocenters. The van der Waals surface area contributed by atoms with Crippen LogP contribution in [0.3, 0.4) is 0 Å². The van der Waals surface area contributed by atoms with Crippen LogP contribution in [0, 0.1) is 0 Å². The summed E-state index contributed by atoms with van der Waals surface area (Å²) in [5, 5.41) is 13.6. The number of piperidine rings is 1. The number of H-pyrrole nitrogens is 2. The molecular weight excluding hydrogens is 242 g/mol. The Balaban J connectivity index is 1.68. The fourth-order valence-corrected chi connectivity index (χ4v) is 2.61. The molecule has 1 aliphatic heterocycles. The minimum Gasteiger partial charge on any atom is -0.337 e. The Kier molecular flexibility index (Phi) is 2.85. The molecule has 1 saturated heterocycles. The number of nitrogens with one attached hydrogen (secondary N) is 2. The van der Waals surface area contributed by atoms with Crippen LogP contribution < -0.4 is 0 Å². The van der Waals surface area contributed by atoms with Gasteiger partial charge in [-0.3, -0.25) is 15.0 Å². The third-order valence-corrected chi connectivity index (χ3v) is 4.04. The van der Waals surface area contributed by atoms with Gasteiger partial charge in [-0.2, -0.15) is 10.2 Å². The first-order valence-corrected chi connectivity index (χ1v) is 6.47. The Morgan fingerprint density at radius 1 is 1.21 bits per heavy atom. The molecule has 0 aliphatic carbocycles. The van der Waals surface area contributed by atoms with Crippen molar-refractivity contribution in [3.63, 3.8) is 0 Å². The second-order valence-corrected chi connectivity index (χ2v) is 5.29.